The quantitative estimate of drug-likeness (QED) is 0.879. The summed E-state index contributed by atoms with van der Waals surface area (Å²) in [6.07, 6.45) is 4.56. The summed E-state index contributed by atoms with van der Waals surface area (Å²) in [5, 5.41) is 7.71. The van der Waals surface area contributed by atoms with E-state index in [-0.39, 0.29) is 6.04 Å². The zero-order valence-electron chi connectivity index (χ0n) is 11.9. The Balaban J connectivity index is 2.51. The molecule has 1 atom stereocenters. The highest BCUT2D eigenvalue weighted by Gasteiger charge is 2.24. The molecular weight excluding hydrogens is 320 g/mol. The van der Waals surface area contributed by atoms with E-state index >= 15 is 0 Å². The van der Waals surface area contributed by atoms with Crippen LogP contribution in [0.25, 0.3) is 0 Å². The van der Waals surface area contributed by atoms with E-state index in [1.54, 1.807) is 19.5 Å². The lowest BCUT2D eigenvalue weighted by molar-refractivity contribution is 0.399. The molecule has 1 unspecified atom stereocenters. The van der Waals surface area contributed by atoms with E-state index < -0.39 is 0 Å². The van der Waals surface area contributed by atoms with E-state index in [4.69, 9.17) is 4.74 Å². The predicted octanol–water partition coefficient (Wildman–Crippen LogP) is 2.77. The number of nitrogens with zero attached hydrogens (tertiary/aromatic N) is 3. The van der Waals surface area contributed by atoms with Gasteiger partial charge in [0.15, 0.2) is 5.75 Å². The van der Waals surface area contributed by atoms with E-state index in [2.05, 4.69) is 38.3 Å². The van der Waals surface area contributed by atoms with Crippen molar-refractivity contribution in [2.75, 3.05) is 14.2 Å². The van der Waals surface area contributed by atoms with Crippen molar-refractivity contribution in [2.24, 2.45) is 0 Å². The van der Waals surface area contributed by atoms with Crippen LogP contribution < -0.4 is 10.1 Å². The molecule has 0 aliphatic carbocycles. The predicted molar refractivity (Wildman–Crippen MR) is 81.9 cm³/mol. The Bertz CT molecular complexity index is 570. The Hall–Kier alpha value is -1.40. The van der Waals surface area contributed by atoms with E-state index in [0.717, 1.165) is 34.6 Å². The maximum Gasteiger partial charge on any atom is 0.161 e. The number of ether oxygens (including phenoxy) is 1. The average Bonchev–Trinajstić information content (AvgIpc) is 2.85. The Labute approximate surface area is 127 Å². The molecule has 2 rings (SSSR count). The molecule has 2 aromatic rings. The largest absolute Gasteiger partial charge is 0.493 e. The molecule has 0 amide bonds. The lowest BCUT2D eigenvalue weighted by atomic mass is 10.1. The minimum Gasteiger partial charge on any atom is -0.493 e. The van der Waals surface area contributed by atoms with Crippen LogP contribution in [0.1, 0.15) is 30.8 Å². The molecule has 6 heteroatoms. The van der Waals surface area contributed by atoms with Gasteiger partial charge in [-0.1, -0.05) is 6.92 Å². The van der Waals surface area contributed by atoms with Gasteiger partial charge in [0, 0.05) is 17.2 Å². The van der Waals surface area contributed by atoms with Crippen molar-refractivity contribution in [3.8, 4) is 5.75 Å². The topological polar surface area (TPSA) is 52.0 Å². The molecule has 0 saturated carbocycles. The monoisotopic (exact) mass is 338 g/mol. The van der Waals surface area contributed by atoms with Crippen LogP contribution >= 0.6 is 15.9 Å². The molecule has 1 N–H and O–H groups in total. The summed E-state index contributed by atoms with van der Waals surface area (Å²) in [5.41, 5.74) is 1.92. The molecule has 0 saturated heterocycles. The van der Waals surface area contributed by atoms with Crippen molar-refractivity contribution in [1.29, 1.82) is 0 Å². The van der Waals surface area contributed by atoms with Gasteiger partial charge in [0.05, 0.1) is 25.0 Å². The van der Waals surface area contributed by atoms with Crippen LogP contribution in [-0.2, 0) is 6.54 Å². The Morgan fingerprint density at radius 1 is 1.50 bits per heavy atom. The van der Waals surface area contributed by atoms with Gasteiger partial charge in [0.2, 0.25) is 0 Å². The lowest BCUT2D eigenvalue weighted by Gasteiger charge is -2.19. The number of methoxy groups -OCH3 is 1. The minimum absolute atomic E-state index is 0.0745. The number of halogens is 1. The SMILES string of the molecule is CCCn1ncc(OC)c1C(NC)c1ncccc1Br. The van der Waals surface area contributed by atoms with Gasteiger partial charge in [0.25, 0.3) is 0 Å². The van der Waals surface area contributed by atoms with Crippen LogP contribution in [0, 0.1) is 0 Å². The first-order valence-corrected chi connectivity index (χ1v) is 7.39. The highest BCUT2D eigenvalue weighted by molar-refractivity contribution is 9.10. The number of nitrogens with one attached hydrogen (secondary N) is 1. The van der Waals surface area contributed by atoms with E-state index in [1.165, 1.54) is 0 Å². The van der Waals surface area contributed by atoms with E-state index in [1.807, 2.05) is 23.9 Å². The summed E-state index contributed by atoms with van der Waals surface area (Å²) in [7, 11) is 3.57. The van der Waals surface area contributed by atoms with Gasteiger partial charge in [-0.25, -0.2) is 0 Å². The lowest BCUT2D eigenvalue weighted by Crippen LogP contribution is -2.23. The van der Waals surface area contributed by atoms with Gasteiger partial charge in [-0.3, -0.25) is 9.67 Å². The summed E-state index contributed by atoms with van der Waals surface area (Å²) in [4.78, 5) is 4.48. The molecule has 0 bridgehead atoms. The van der Waals surface area contributed by atoms with Crippen LogP contribution in [-0.4, -0.2) is 28.9 Å². The van der Waals surface area contributed by atoms with Crippen molar-refractivity contribution >= 4 is 15.9 Å². The molecule has 0 fully saturated rings. The van der Waals surface area contributed by atoms with Gasteiger partial charge in [0.1, 0.15) is 5.69 Å². The minimum atomic E-state index is -0.0745. The van der Waals surface area contributed by atoms with Crippen LogP contribution in [0.15, 0.2) is 29.0 Å². The number of aromatic nitrogens is 3. The average molecular weight is 339 g/mol. The Morgan fingerprint density at radius 2 is 2.30 bits per heavy atom. The first kappa shape index (κ1) is 15.0. The van der Waals surface area contributed by atoms with Gasteiger partial charge in [-0.2, -0.15) is 5.10 Å². The second-order valence-corrected chi connectivity index (χ2v) is 5.27. The first-order valence-electron chi connectivity index (χ1n) is 6.60. The number of rotatable bonds is 6. The van der Waals surface area contributed by atoms with E-state index in [9.17, 15) is 0 Å². The summed E-state index contributed by atoms with van der Waals surface area (Å²) in [6.45, 7) is 2.98. The third-order valence-corrected chi connectivity index (χ3v) is 3.79. The molecule has 0 aromatic carbocycles. The van der Waals surface area contributed by atoms with Crippen molar-refractivity contribution in [1.82, 2.24) is 20.1 Å². The summed E-state index contributed by atoms with van der Waals surface area (Å²) in [6, 6.07) is 3.81. The first-order chi connectivity index (χ1) is 9.72. The van der Waals surface area contributed by atoms with Gasteiger partial charge >= 0.3 is 0 Å². The fourth-order valence-electron chi connectivity index (χ4n) is 2.23. The fraction of sp³-hybridized carbons (Fsp3) is 0.429. The molecule has 5 nitrogen and oxygen atoms in total. The molecule has 0 radical (unpaired) electrons. The standard InChI is InChI=1S/C14H19BrN4O/c1-4-8-19-14(11(20-3)9-18-19)13(16-2)12-10(15)6-5-7-17-12/h5-7,9,13,16H,4,8H2,1-3H3. The number of hydrogen-bond acceptors (Lipinski definition) is 4. The molecule has 2 heterocycles. The zero-order chi connectivity index (χ0) is 14.5. The van der Waals surface area contributed by atoms with Crippen molar-refractivity contribution in [3.05, 3.63) is 40.4 Å². The third-order valence-electron chi connectivity index (χ3n) is 3.12. The molecule has 0 spiro atoms. The Morgan fingerprint density at radius 3 is 2.90 bits per heavy atom. The Kier molecular flexibility index (Phi) is 5.14. The number of hydrogen-bond donors (Lipinski definition) is 1. The van der Waals surface area contributed by atoms with Crippen molar-refractivity contribution < 1.29 is 4.74 Å². The van der Waals surface area contributed by atoms with Gasteiger partial charge in [-0.15, -0.1) is 0 Å². The van der Waals surface area contributed by atoms with Crippen LogP contribution in [0.4, 0.5) is 0 Å². The van der Waals surface area contributed by atoms with Crippen LogP contribution in [0.2, 0.25) is 0 Å². The third kappa shape index (κ3) is 2.86. The second kappa shape index (κ2) is 6.85. The zero-order valence-corrected chi connectivity index (χ0v) is 13.5. The van der Waals surface area contributed by atoms with E-state index in [0.29, 0.717) is 0 Å². The van der Waals surface area contributed by atoms with Crippen molar-refractivity contribution in [2.45, 2.75) is 25.9 Å². The highest BCUT2D eigenvalue weighted by atomic mass is 79.9. The molecule has 0 aliphatic heterocycles. The highest BCUT2D eigenvalue weighted by Crippen LogP contribution is 2.32. The molecular formula is C14H19BrN4O. The summed E-state index contributed by atoms with van der Waals surface area (Å²) < 4.78 is 8.39. The maximum absolute atomic E-state index is 5.45. The summed E-state index contributed by atoms with van der Waals surface area (Å²) >= 11 is 3.56. The van der Waals surface area contributed by atoms with Gasteiger partial charge in [-0.05, 0) is 41.5 Å². The van der Waals surface area contributed by atoms with Crippen molar-refractivity contribution in [3.63, 3.8) is 0 Å². The van der Waals surface area contributed by atoms with Crippen LogP contribution in [0.3, 0.4) is 0 Å². The molecule has 2 aromatic heterocycles. The summed E-state index contributed by atoms with van der Waals surface area (Å²) in [5.74, 6) is 0.773. The fourth-order valence-corrected chi connectivity index (χ4v) is 2.71. The smallest absolute Gasteiger partial charge is 0.161 e. The number of pyridine rings is 1. The maximum atomic E-state index is 5.45. The second-order valence-electron chi connectivity index (χ2n) is 4.41. The van der Waals surface area contributed by atoms with Gasteiger partial charge < -0.3 is 10.1 Å². The number of aryl methyl sites for hydroxylation is 1. The molecule has 108 valence electrons. The molecule has 20 heavy (non-hydrogen) atoms. The molecule has 0 aliphatic rings. The van der Waals surface area contributed by atoms with Crippen LogP contribution in [0.5, 0.6) is 5.75 Å². The normalized spacial score (nSPS) is 12.4.